The standard InChI is InChI=1S/C14H19N5O/c1-11-3-5-12(6-4-11)14(20)16-8-7-15-9-13-18-17-10-19(13)2/h3-6,10,15H,7-9H2,1-2H3,(H,16,20). The minimum atomic E-state index is -0.0505. The van der Waals surface area contributed by atoms with Crippen molar-refractivity contribution in [2.24, 2.45) is 7.05 Å². The SMILES string of the molecule is Cc1ccc(C(=O)NCCNCc2nncn2C)cc1. The second kappa shape index (κ2) is 6.81. The van der Waals surface area contributed by atoms with Crippen LogP contribution < -0.4 is 10.6 Å². The Balaban J connectivity index is 1.67. The third kappa shape index (κ3) is 3.89. The van der Waals surface area contributed by atoms with E-state index in [1.54, 1.807) is 6.33 Å². The van der Waals surface area contributed by atoms with Gasteiger partial charge in [-0.05, 0) is 19.1 Å². The Hall–Kier alpha value is -2.21. The molecule has 1 aromatic heterocycles. The van der Waals surface area contributed by atoms with E-state index in [0.29, 0.717) is 25.2 Å². The van der Waals surface area contributed by atoms with Gasteiger partial charge in [0.25, 0.3) is 5.91 Å². The van der Waals surface area contributed by atoms with E-state index in [0.717, 1.165) is 11.4 Å². The highest BCUT2D eigenvalue weighted by molar-refractivity contribution is 5.94. The Kier molecular flexibility index (Phi) is 4.84. The second-order valence-corrected chi connectivity index (χ2v) is 4.66. The first kappa shape index (κ1) is 14.2. The van der Waals surface area contributed by atoms with E-state index < -0.39 is 0 Å². The van der Waals surface area contributed by atoms with Gasteiger partial charge in [-0.25, -0.2) is 0 Å². The van der Waals surface area contributed by atoms with Gasteiger partial charge in [-0.15, -0.1) is 10.2 Å². The zero-order chi connectivity index (χ0) is 14.4. The van der Waals surface area contributed by atoms with Gasteiger partial charge in [0.2, 0.25) is 0 Å². The molecule has 1 amide bonds. The highest BCUT2D eigenvalue weighted by Crippen LogP contribution is 2.02. The van der Waals surface area contributed by atoms with Crippen LogP contribution in [-0.4, -0.2) is 33.8 Å². The molecule has 106 valence electrons. The highest BCUT2D eigenvalue weighted by atomic mass is 16.1. The first-order valence-corrected chi connectivity index (χ1v) is 6.55. The van der Waals surface area contributed by atoms with Gasteiger partial charge in [-0.3, -0.25) is 4.79 Å². The first-order chi connectivity index (χ1) is 9.66. The summed E-state index contributed by atoms with van der Waals surface area (Å²) in [6.07, 6.45) is 1.66. The molecule has 0 saturated carbocycles. The van der Waals surface area contributed by atoms with Gasteiger partial charge in [-0.2, -0.15) is 0 Å². The van der Waals surface area contributed by atoms with Crippen LogP contribution in [0.3, 0.4) is 0 Å². The van der Waals surface area contributed by atoms with Gasteiger partial charge in [0.15, 0.2) is 0 Å². The second-order valence-electron chi connectivity index (χ2n) is 4.66. The lowest BCUT2D eigenvalue weighted by Crippen LogP contribution is -2.32. The minimum Gasteiger partial charge on any atom is -0.351 e. The molecule has 1 heterocycles. The summed E-state index contributed by atoms with van der Waals surface area (Å²) in [6.45, 7) is 3.89. The lowest BCUT2D eigenvalue weighted by molar-refractivity contribution is 0.0954. The quantitative estimate of drug-likeness (QED) is 0.758. The number of carbonyl (C=O) groups excluding carboxylic acids is 1. The van der Waals surface area contributed by atoms with Crippen molar-refractivity contribution in [1.29, 1.82) is 0 Å². The smallest absolute Gasteiger partial charge is 0.251 e. The molecular formula is C14H19N5O. The van der Waals surface area contributed by atoms with E-state index in [9.17, 15) is 4.79 Å². The van der Waals surface area contributed by atoms with E-state index in [1.807, 2.05) is 42.8 Å². The molecular weight excluding hydrogens is 254 g/mol. The van der Waals surface area contributed by atoms with Crippen LogP contribution in [0.15, 0.2) is 30.6 Å². The molecule has 0 spiro atoms. The molecule has 0 atom stereocenters. The zero-order valence-electron chi connectivity index (χ0n) is 11.8. The summed E-state index contributed by atoms with van der Waals surface area (Å²) in [6, 6.07) is 7.53. The van der Waals surface area contributed by atoms with Crippen LogP contribution in [0.5, 0.6) is 0 Å². The number of rotatable bonds is 6. The Morgan fingerprint density at radius 2 is 2.00 bits per heavy atom. The highest BCUT2D eigenvalue weighted by Gasteiger charge is 2.04. The predicted molar refractivity (Wildman–Crippen MR) is 76.2 cm³/mol. The van der Waals surface area contributed by atoms with E-state index in [4.69, 9.17) is 0 Å². The predicted octanol–water partition coefficient (Wildman–Crippen LogP) is 0.643. The van der Waals surface area contributed by atoms with Crippen molar-refractivity contribution >= 4 is 5.91 Å². The molecule has 0 saturated heterocycles. The fourth-order valence-electron chi connectivity index (χ4n) is 1.74. The van der Waals surface area contributed by atoms with Crippen LogP contribution in [0, 0.1) is 6.92 Å². The van der Waals surface area contributed by atoms with Gasteiger partial charge in [0.1, 0.15) is 12.2 Å². The van der Waals surface area contributed by atoms with Crippen molar-refractivity contribution in [2.45, 2.75) is 13.5 Å². The van der Waals surface area contributed by atoms with Gasteiger partial charge in [-0.1, -0.05) is 17.7 Å². The summed E-state index contributed by atoms with van der Waals surface area (Å²) in [5, 5.41) is 13.8. The molecule has 2 N–H and O–H groups in total. The number of benzene rings is 1. The Labute approximate surface area is 118 Å². The molecule has 0 fully saturated rings. The largest absolute Gasteiger partial charge is 0.351 e. The van der Waals surface area contributed by atoms with Gasteiger partial charge >= 0.3 is 0 Å². The number of hydrogen-bond donors (Lipinski definition) is 2. The third-order valence-corrected chi connectivity index (χ3v) is 2.99. The molecule has 2 aromatic rings. The number of nitrogens with one attached hydrogen (secondary N) is 2. The summed E-state index contributed by atoms with van der Waals surface area (Å²) in [7, 11) is 1.90. The Morgan fingerprint density at radius 1 is 1.25 bits per heavy atom. The van der Waals surface area contributed by atoms with Crippen LogP contribution >= 0.6 is 0 Å². The zero-order valence-corrected chi connectivity index (χ0v) is 11.8. The molecule has 0 aliphatic carbocycles. The van der Waals surface area contributed by atoms with E-state index in [2.05, 4.69) is 20.8 Å². The summed E-state index contributed by atoms with van der Waals surface area (Å²) in [5.41, 5.74) is 1.83. The van der Waals surface area contributed by atoms with E-state index in [-0.39, 0.29) is 5.91 Å². The van der Waals surface area contributed by atoms with Crippen molar-refractivity contribution < 1.29 is 4.79 Å². The topological polar surface area (TPSA) is 71.8 Å². The maximum absolute atomic E-state index is 11.8. The van der Waals surface area contributed by atoms with Crippen molar-refractivity contribution in [3.8, 4) is 0 Å². The summed E-state index contributed by atoms with van der Waals surface area (Å²) in [4.78, 5) is 11.8. The van der Waals surface area contributed by atoms with E-state index in [1.165, 1.54) is 0 Å². The fourth-order valence-corrected chi connectivity index (χ4v) is 1.74. The van der Waals surface area contributed by atoms with Crippen LogP contribution in [0.1, 0.15) is 21.7 Å². The number of aromatic nitrogens is 3. The number of aryl methyl sites for hydroxylation is 2. The lowest BCUT2D eigenvalue weighted by atomic mass is 10.1. The molecule has 6 nitrogen and oxygen atoms in total. The monoisotopic (exact) mass is 273 g/mol. The Morgan fingerprint density at radius 3 is 2.65 bits per heavy atom. The fraction of sp³-hybridized carbons (Fsp3) is 0.357. The van der Waals surface area contributed by atoms with Crippen LogP contribution in [0.2, 0.25) is 0 Å². The third-order valence-electron chi connectivity index (χ3n) is 2.99. The number of carbonyl (C=O) groups is 1. The molecule has 6 heteroatoms. The number of amides is 1. The molecule has 1 aromatic carbocycles. The number of nitrogens with zero attached hydrogens (tertiary/aromatic N) is 3. The van der Waals surface area contributed by atoms with Crippen molar-refractivity contribution in [3.05, 3.63) is 47.5 Å². The summed E-state index contributed by atoms with van der Waals surface area (Å²) < 4.78 is 1.86. The van der Waals surface area contributed by atoms with Crippen LogP contribution in [0.4, 0.5) is 0 Å². The molecule has 0 bridgehead atoms. The van der Waals surface area contributed by atoms with Crippen molar-refractivity contribution in [3.63, 3.8) is 0 Å². The van der Waals surface area contributed by atoms with Crippen molar-refractivity contribution in [1.82, 2.24) is 25.4 Å². The van der Waals surface area contributed by atoms with Crippen LogP contribution in [0.25, 0.3) is 0 Å². The van der Waals surface area contributed by atoms with E-state index >= 15 is 0 Å². The maximum Gasteiger partial charge on any atom is 0.251 e. The molecule has 0 aliphatic rings. The molecule has 0 aliphatic heterocycles. The minimum absolute atomic E-state index is 0.0505. The molecule has 20 heavy (non-hydrogen) atoms. The summed E-state index contributed by atoms with van der Waals surface area (Å²) >= 11 is 0. The normalized spacial score (nSPS) is 10.5. The summed E-state index contributed by atoms with van der Waals surface area (Å²) in [5.74, 6) is 0.820. The van der Waals surface area contributed by atoms with Gasteiger partial charge in [0, 0.05) is 25.7 Å². The van der Waals surface area contributed by atoms with Gasteiger partial charge < -0.3 is 15.2 Å². The van der Waals surface area contributed by atoms with Crippen LogP contribution in [-0.2, 0) is 13.6 Å². The first-order valence-electron chi connectivity index (χ1n) is 6.55. The molecule has 0 radical (unpaired) electrons. The maximum atomic E-state index is 11.8. The molecule has 2 rings (SSSR count). The molecule has 0 unspecified atom stereocenters. The lowest BCUT2D eigenvalue weighted by Gasteiger charge is -2.07. The Bertz CT molecular complexity index is 561. The average Bonchev–Trinajstić information content (AvgIpc) is 2.84. The number of hydrogen-bond acceptors (Lipinski definition) is 4. The van der Waals surface area contributed by atoms with Gasteiger partial charge in [0.05, 0.1) is 6.54 Å². The average molecular weight is 273 g/mol. The van der Waals surface area contributed by atoms with Crippen molar-refractivity contribution in [2.75, 3.05) is 13.1 Å².